The molecule has 1 fully saturated rings. The van der Waals surface area contributed by atoms with Crippen molar-refractivity contribution >= 4 is 29.1 Å². The highest BCUT2D eigenvalue weighted by atomic mass is 35.5. The maximum Gasteiger partial charge on any atom is 0.223 e. The Labute approximate surface area is 135 Å². The molecule has 6 heteroatoms. The summed E-state index contributed by atoms with van der Waals surface area (Å²) in [5.41, 5.74) is 6.41. The van der Waals surface area contributed by atoms with E-state index in [2.05, 4.69) is 0 Å². The van der Waals surface area contributed by atoms with E-state index in [1.165, 1.54) is 0 Å². The van der Waals surface area contributed by atoms with Crippen molar-refractivity contribution in [2.45, 2.75) is 32.0 Å². The standard InChI is InChI=1S/C15H20Cl2N2O2/c16-13-2-1-11(9-14(13)17)10-21-12-4-7-19(8-5-12)15(20)3-6-18/h1-2,9,12H,3-8,10,18H2. The highest BCUT2D eigenvalue weighted by Crippen LogP contribution is 2.24. The van der Waals surface area contributed by atoms with Crippen molar-refractivity contribution in [3.63, 3.8) is 0 Å². The first-order chi connectivity index (χ1) is 10.1. The Balaban J connectivity index is 1.76. The van der Waals surface area contributed by atoms with Crippen molar-refractivity contribution in [3.05, 3.63) is 33.8 Å². The van der Waals surface area contributed by atoms with Crippen LogP contribution < -0.4 is 5.73 Å². The van der Waals surface area contributed by atoms with E-state index >= 15 is 0 Å². The molecule has 1 saturated heterocycles. The van der Waals surface area contributed by atoms with Crippen LogP contribution in [0.5, 0.6) is 0 Å². The molecule has 4 nitrogen and oxygen atoms in total. The van der Waals surface area contributed by atoms with E-state index in [0.29, 0.717) is 29.6 Å². The highest BCUT2D eigenvalue weighted by Gasteiger charge is 2.22. The molecule has 0 saturated carbocycles. The molecule has 0 aliphatic carbocycles. The summed E-state index contributed by atoms with van der Waals surface area (Å²) in [5, 5.41) is 1.09. The monoisotopic (exact) mass is 330 g/mol. The zero-order chi connectivity index (χ0) is 15.2. The molecule has 21 heavy (non-hydrogen) atoms. The van der Waals surface area contributed by atoms with Gasteiger partial charge in [-0.3, -0.25) is 4.79 Å². The number of piperidine rings is 1. The molecule has 0 aromatic heterocycles. The van der Waals surface area contributed by atoms with Crippen LogP contribution in [0, 0.1) is 0 Å². The van der Waals surface area contributed by atoms with Crippen molar-refractivity contribution in [3.8, 4) is 0 Å². The van der Waals surface area contributed by atoms with Crippen LogP contribution >= 0.6 is 23.2 Å². The van der Waals surface area contributed by atoms with Gasteiger partial charge in [-0.2, -0.15) is 0 Å². The molecule has 2 N–H and O–H groups in total. The van der Waals surface area contributed by atoms with E-state index in [1.54, 1.807) is 6.07 Å². The first-order valence-electron chi connectivity index (χ1n) is 7.13. The molecule has 116 valence electrons. The molecule has 1 aliphatic heterocycles. The molecule has 0 spiro atoms. The van der Waals surface area contributed by atoms with Crippen molar-refractivity contribution in [1.29, 1.82) is 0 Å². The Kier molecular flexibility index (Phi) is 6.30. The van der Waals surface area contributed by atoms with Crippen LogP contribution in [0.2, 0.25) is 10.0 Å². The second-order valence-corrected chi connectivity index (χ2v) is 5.99. The van der Waals surface area contributed by atoms with E-state index in [1.807, 2.05) is 17.0 Å². The number of carbonyl (C=O) groups excluding carboxylic acids is 1. The summed E-state index contributed by atoms with van der Waals surface area (Å²) >= 11 is 11.9. The number of ether oxygens (including phenoxy) is 1. The smallest absolute Gasteiger partial charge is 0.223 e. The van der Waals surface area contributed by atoms with E-state index in [0.717, 1.165) is 31.5 Å². The van der Waals surface area contributed by atoms with Gasteiger partial charge < -0.3 is 15.4 Å². The fourth-order valence-corrected chi connectivity index (χ4v) is 2.72. The first kappa shape index (κ1) is 16.6. The molecule has 1 aromatic rings. The minimum absolute atomic E-state index is 0.139. The Hall–Kier alpha value is -0.810. The molecular weight excluding hydrogens is 311 g/mol. The summed E-state index contributed by atoms with van der Waals surface area (Å²) in [5.74, 6) is 0.139. The third kappa shape index (κ3) is 4.85. The number of benzene rings is 1. The van der Waals surface area contributed by atoms with Gasteiger partial charge in [0.05, 0.1) is 22.8 Å². The number of hydrogen-bond donors (Lipinski definition) is 1. The molecule has 1 amide bonds. The van der Waals surface area contributed by atoms with Gasteiger partial charge in [-0.1, -0.05) is 29.3 Å². The lowest BCUT2D eigenvalue weighted by Gasteiger charge is -2.32. The Morgan fingerprint density at radius 1 is 1.29 bits per heavy atom. The SMILES string of the molecule is NCCC(=O)N1CCC(OCc2ccc(Cl)c(Cl)c2)CC1. The molecule has 0 radical (unpaired) electrons. The lowest BCUT2D eigenvalue weighted by atomic mass is 10.1. The van der Waals surface area contributed by atoms with E-state index in [9.17, 15) is 4.79 Å². The molecule has 0 atom stereocenters. The number of likely N-dealkylation sites (tertiary alicyclic amines) is 1. The number of hydrogen-bond acceptors (Lipinski definition) is 3. The fraction of sp³-hybridized carbons (Fsp3) is 0.533. The average Bonchev–Trinajstić information content (AvgIpc) is 2.49. The summed E-state index contributed by atoms with van der Waals surface area (Å²) in [6.45, 7) is 2.40. The van der Waals surface area contributed by atoms with Crippen LogP contribution in [0.3, 0.4) is 0 Å². The molecule has 2 rings (SSSR count). The number of nitrogens with zero attached hydrogens (tertiary/aromatic N) is 1. The number of nitrogens with two attached hydrogens (primary N) is 1. The van der Waals surface area contributed by atoms with Gasteiger partial charge in [-0.25, -0.2) is 0 Å². The minimum Gasteiger partial charge on any atom is -0.373 e. The van der Waals surface area contributed by atoms with Gasteiger partial charge in [-0.05, 0) is 30.5 Å². The van der Waals surface area contributed by atoms with Gasteiger partial charge in [0.1, 0.15) is 0 Å². The third-order valence-corrected chi connectivity index (χ3v) is 4.36. The predicted octanol–water partition coefficient (Wildman–Crippen LogP) is 2.85. The van der Waals surface area contributed by atoms with Gasteiger partial charge in [0.15, 0.2) is 0 Å². The van der Waals surface area contributed by atoms with E-state index in [-0.39, 0.29) is 12.0 Å². The summed E-state index contributed by atoms with van der Waals surface area (Å²) in [6.07, 6.45) is 2.32. The summed E-state index contributed by atoms with van der Waals surface area (Å²) < 4.78 is 5.89. The predicted molar refractivity (Wildman–Crippen MR) is 84.5 cm³/mol. The Bertz CT molecular complexity index is 489. The maximum atomic E-state index is 11.7. The molecule has 1 aromatic carbocycles. The Morgan fingerprint density at radius 2 is 2.00 bits per heavy atom. The zero-order valence-corrected chi connectivity index (χ0v) is 13.4. The van der Waals surface area contributed by atoms with Crippen molar-refractivity contribution in [1.82, 2.24) is 4.90 Å². The van der Waals surface area contributed by atoms with Crippen LogP contribution in [-0.2, 0) is 16.1 Å². The topological polar surface area (TPSA) is 55.6 Å². The van der Waals surface area contributed by atoms with Crippen molar-refractivity contribution < 1.29 is 9.53 Å². The van der Waals surface area contributed by atoms with Crippen LogP contribution in [0.15, 0.2) is 18.2 Å². The van der Waals surface area contributed by atoms with E-state index in [4.69, 9.17) is 33.7 Å². The van der Waals surface area contributed by atoms with Gasteiger partial charge in [-0.15, -0.1) is 0 Å². The zero-order valence-electron chi connectivity index (χ0n) is 11.9. The number of halogens is 2. The normalized spacial score (nSPS) is 16.2. The van der Waals surface area contributed by atoms with Gasteiger partial charge in [0, 0.05) is 26.1 Å². The average molecular weight is 331 g/mol. The van der Waals surface area contributed by atoms with Crippen molar-refractivity contribution in [2.75, 3.05) is 19.6 Å². The lowest BCUT2D eigenvalue weighted by molar-refractivity contribution is -0.133. The van der Waals surface area contributed by atoms with E-state index < -0.39 is 0 Å². The molecular formula is C15H20Cl2N2O2. The van der Waals surface area contributed by atoms with Crippen molar-refractivity contribution in [2.24, 2.45) is 5.73 Å². The van der Waals surface area contributed by atoms with Gasteiger partial charge in [0.25, 0.3) is 0 Å². The summed E-state index contributed by atoms with van der Waals surface area (Å²) in [4.78, 5) is 13.6. The quantitative estimate of drug-likeness (QED) is 0.903. The molecule has 0 unspecified atom stereocenters. The largest absolute Gasteiger partial charge is 0.373 e. The highest BCUT2D eigenvalue weighted by molar-refractivity contribution is 6.42. The molecule has 0 bridgehead atoms. The number of rotatable bonds is 5. The molecule has 1 heterocycles. The minimum atomic E-state index is 0.139. The molecule has 1 aliphatic rings. The third-order valence-electron chi connectivity index (χ3n) is 3.62. The van der Waals surface area contributed by atoms with Crippen LogP contribution in [0.4, 0.5) is 0 Å². The fourth-order valence-electron chi connectivity index (χ4n) is 2.40. The summed E-state index contributed by atoms with van der Waals surface area (Å²) in [6, 6.07) is 5.51. The maximum absolute atomic E-state index is 11.7. The van der Waals surface area contributed by atoms with Crippen LogP contribution in [-0.4, -0.2) is 36.5 Å². The van der Waals surface area contributed by atoms with Gasteiger partial charge in [0.2, 0.25) is 5.91 Å². The number of amides is 1. The second-order valence-electron chi connectivity index (χ2n) is 5.18. The second kappa shape index (κ2) is 7.99. The Morgan fingerprint density at radius 3 is 2.62 bits per heavy atom. The summed E-state index contributed by atoms with van der Waals surface area (Å²) in [7, 11) is 0. The number of carbonyl (C=O) groups is 1. The van der Waals surface area contributed by atoms with Crippen LogP contribution in [0.25, 0.3) is 0 Å². The lowest BCUT2D eigenvalue weighted by Crippen LogP contribution is -2.41. The van der Waals surface area contributed by atoms with Gasteiger partial charge >= 0.3 is 0 Å². The first-order valence-corrected chi connectivity index (χ1v) is 7.89. The van der Waals surface area contributed by atoms with Crippen LogP contribution in [0.1, 0.15) is 24.8 Å².